The highest BCUT2D eigenvalue weighted by molar-refractivity contribution is 6.31. The Bertz CT molecular complexity index is 402. The Morgan fingerprint density at radius 1 is 1.26 bits per heavy atom. The number of rotatable bonds is 4. The van der Waals surface area contributed by atoms with E-state index in [9.17, 15) is 0 Å². The number of benzene rings is 1. The summed E-state index contributed by atoms with van der Waals surface area (Å²) in [4.78, 5) is 0. The van der Waals surface area contributed by atoms with Crippen LogP contribution in [0.1, 0.15) is 44.6 Å². The van der Waals surface area contributed by atoms with Crippen molar-refractivity contribution < 1.29 is 0 Å². The first-order valence-corrected chi connectivity index (χ1v) is 7.90. The second-order valence-electron chi connectivity index (χ2n) is 6.26. The van der Waals surface area contributed by atoms with Gasteiger partial charge in [0.2, 0.25) is 0 Å². The molecule has 2 rings (SSSR count). The van der Waals surface area contributed by atoms with Crippen LogP contribution in [0, 0.1) is 17.8 Å². The first kappa shape index (κ1) is 14.9. The van der Waals surface area contributed by atoms with Crippen molar-refractivity contribution in [3.63, 3.8) is 0 Å². The quantitative estimate of drug-likeness (QED) is 0.841. The fraction of sp³-hybridized carbons (Fsp3) is 0.647. The van der Waals surface area contributed by atoms with E-state index in [-0.39, 0.29) is 0 Å². The topological polar surface area (TPSA) is 12.0 Å². The third kappa shape index (κ3) is 3.52. The van der Waals surface area contributed by atoms with Gasteiger partial charge in [-0.25, -0.2) is 0 Å². The van der Waals surface area contributed by atoms with E-state index in [0.29, 0.717) is 5.92 Å². The van der Waals surface area contributed by atoms with E-state index < -0.39 is 0 Å². The lowest BCUT2D eigenvalue weighted by Crippen LogP contribution is -2.32. The van der Waals surface area contributed by atoms with Crippen LogP contribution in [0.4, 0.5) is 0 Å². The van der Waals surface area contributed by atoms with E-state index in [1.807, 2.05) is 12.1 Å². The van der Waals surface area contributed by atoms with Crippen molar-refractivity contribution >= 4 is 11.6 Å². The summed E-state index contributed by atoms with van der Waals surface area (Å²) in [7, 11) is 2.05. The molecule has 1 aliphatic carbocycles. The molecule has 0 saturated heterocycles. The van der Waals surface area contributed by atoms with Crippen molar-refractivity contribution in [3.05, 3.63) is 34.9 Å². The lowest BCUT2D eigenvalue weighted by Gasteiger charge is -2.38. The Balaban J connectivity index is 2.23. The van der Waals surface area contributed by atoms with Gasteiger partial charge in [0.25, 0.3) is 0 Å². The Hall–Kier alpha value is -0.530. The molecule has 0 heterocycles. The lowest BCUT2D eigenvalue weighted by atomic mass is 9.68. The zero-order valence-electron chi connectivity index (χ0n) is 12.3. The zero-order chi connectivity index (χ0) is 13.8. The normalized spacial score (nSPS) is 27.7. The maximum Gasteiger partial charge on any atom is 0.0440 e. The van der Waals surface area contributed by atoms with Gasteiger partial charge in [0.15, 0.2) is 0 Å². The minimum atomic E-state index is 0.613. The van der Waals surface area contributed by atoms with Crippen LogP contribution in [0.15, 0.2) is 24.3 Å². The van der Waals surface area contributed by atoms with E-state index in [4.69, 9.17) is 11.6 Å². The molecule has 1 aliphatic rings. The van der Waals surface area contributed by atoms with E-state index in [1.54, 1.807) is 0 Å². The minimum absolute atomic E-state index is 0.613. The van der Waals surface area contributed by atoms with Crippen molar-refractivity contribution in [2.75, 3.05) is 13.6 Å². The molecular weight excluding hydrogens is 254 g/mol. The Morgan fingerprint density at radius 2 is 2.00 bits per heavy atom. The predicted molar refractivity (Wildman–Crippen MR) is 83.8 cm³/mol. The van der Waals surface area contributed by atoms with Crippen molar-refractivity contribution in [2.24, 2.45) is 17.8 Å². The number of nitrogens with one attached hydrogen (secondary N) is 1. The Kier molecular flexibility index (Phi) is 5.29. The molecule has 0 radical (unpaired) electrons. The molecule has 0 aromatic heterocycles. The molecule has 1 saturated carbocycles. The van der Waals surface area contributed by atoms with Crippen LogP contribution in [-0.2, 0) is 0 Å². The molecule has 1 nitrogen and oxygen atoms in total. The van der Waals surface area contributed by atoms with Crippen LogP contribution in [0.3, 0.4) is 0 Å². The number of hydrogen-bond acceptors (Lipinski definition) is 1. The van der Waals surface area contributed by atoms with Gasteiger partial charge in [-0.3, -0.25) is 0 Å². The van der Waals surface area contributed by atoms with Crippen LogP contribution >= 0.6 is 11.6 Å². The van der Waals surface area contributed by atoms with E-state index in [0.717, 1.165) is 29.3 Å². The van der Waals surface area contributed by atoms with Gasteiger partial charge in [0, 0.05) is 5.02 Å². The summed E-state index contributed by atoms with van der Waals surface area (Å²) >= 11 is 6.43. The average Bonchev–Trinajstić information content (AvgIpc) is 2.40. The highest BCUT2D eigenvalue weighted by Crippen LogP contribution is 2.44. The number of halogens is 1. The maximum absolute atomic E-state index is 6.43. The molecule has 0 bridgehead atoms. The molecule has 0 amide bonds. The molecule has 0 aliphatic heterocycles. The largest absolute Gasteiger partial charge is 0.319 e. The molecule has 2 heteroatoms. The fourth-order valence-corrected chi connectivity index (χ4v) is 3.81. The molecule has 1 N–H and O–H groups in total. The van der Waals surface area contributed by atoms with Crippen LogP contribution in [0.25, 0.3) is 0 Å². The van der Waals surface area contributed by atoms with E-state index in [2.05, 4.69) is 38.3 Å². The van der Waals surface area contributed by atoms with Gasteiger partial charge in [-0.1, -0.05) is 43.6 Å². The van der Waals surface area contributed by atoms with Crippen LogP contribution in [-0.4, -0.2) is 13.6 Å². The third-order valence-corrected chi connectivity index (χ3v) is 5.09. The van der Waals surface area contributed by atoms with Gasteiger partial charge < -0.3 is 5.32 Å². The molecular formula is C17H26ClN. The van der Waals surface area contributed by atoms with Crippen LogP contribution in [0.2, 0.25) is 5.02 Å². The van der Waals surface area contributed by atoms with Crippen LogP contribution in [0.5, 0.6) is 0 Å². The fourth-order valence-electron chi connectivity index (χ4n) is 3.53. The van der Waals surface area contributed by atoms with Gasteiger partial charge in [0.05, 0.1) is 0 Å². The molecule has 3 atom stereocenters. The SMILES string of the molecule is CNCC1CCC(C(C)C)CC1c1ccccc1Cl. The molecule has 1 fully saturated rings. The summed E-state index contributed by atoms with van der Waals surface area (Å²) in [5.74, 6) is 2.96. The van der Waals surface area contributed by atoms with Gasteiger partial charge in [-0.15, -0.1) is 0 Å². The van der Waals surface area contributed by atoms with E-state index in [1.165, 1.54) is 24.8 Å². The third-order valence-electron chi connectivity index (χ3n) is 4.75. The lowest BCUT2D eigenvalue weighted by molar-refractivity contribution is 0.192. The zero-order valence-corrected chi connectivity index (χ0v) is 13.1. The Morgan fingerprint density at radius 3 is 2.63 bits per heavy atom. The smallest absolute Gasteiger partial charge is 0.0440 e. The molecule has 106 valence electrons. The molecule has 1 aromatic carbocycles. The van der Waals surface area contributed by atoms with Crippen molar-refractivity contribution in [3.8, 4) is 0 Å². The minimum Gasteiger partial charge on any atom is -0.319 e. The highest BCUT2D eigenvalue weighted by atomic mass is 35.5. The Labute approximate surface area is 122 Å². The summed E-state index contributed by atoms with van der Waals surface area (Å²) < 4.78 is 0. The summed E-state index contributed by atoms with van der Waals surface area (Å²) in [6.07, 6.45) is 3.97. The maximum atomic E-state index is 6.43. The second-order valence-corrected chi connectivity index (χ2v) is 6.67. The number of hydrogen-bond donors (Lipinski definition) is 1. The van der Waals surface area contributed by atoms with E-state index >= 15 is 0 Å². The van der Waals surface area contributed by atoms with Gasteiger partial charge >= 0.3 is 0 Å². The van der Waals surface area contributed by atoms with Crippen molar-refractivity contribution in [1.29, 1.82) is 0 Å². The summed E-state index contributed by atoms with van der Waals surface area (Å²) in [6.45, 7) is 5.81. The van der Waals surface area contributed by atoms with Gasteiger partial charge in [-0.2, -0.15) is 0 Å². The summed E-state index contributed by atoms with van der Waals surface area (Å²) in [5, 5.41) is 4.30. The van der Waals surface area contributed by atoms with Gasteiger partial charge in [-0.05, 0) is 68.2 Å². The predicted octanol–water partition coefficient (Wildman–Crippen LogP) is 4.72. The van der Waals surface area contributed by atoms with Crippen molar-refractivity contribution in [1.82, 2.24) is 5.32 Å². The molecule has 0 spiro atoms. The highest BCUT2D eigenvalue weighted by Gasteiger charge is 2.33. The monoisotopic (exact) mass is 279 g/mol. The first-order valence-electron chi connectivity index (χ1n) is 7.52. The second kappa shape index (κ2) is 6.76. The van der Waals surface area contributed by atoms with Crippen LogP contribution < -0.4 is 5.32 Å². The van der Waals surface area contributed by atoms with Gasteiger partial charge in [0.1, 0.15) is 0 Å². The standard InChI is InChI=1S/C17H26ClN/c1-12(2)13-8-9-14(11-19-3)16(10-13)15-6-4-5-7-17(15)18/h4-7,12-14,16,19H,8-11H2,1-3H3. The summed E-state index contributed by atoms with van der Waals surface area (Å²) in [6, 6.07) is 8.41. The molecule has 1 aromatic rings. The molecule has 3 unspecified atom stereocenters. The van der Waals surface area contributed by atoms with Crippen molar-refractivity contribution in [2.45, 2.75) is 39.0 Å². The first-order chi connectivity index (χ1) is 9.13. The average molecular weight is 280 g/mol. The molecule has 19 heavy (non-hydrogen) atoms. The summed E-state index contributed by atoms with van der Waals surface area (Å²) in [5.41, 5.74) is 1.36.